The summed E-state index contributed by atoms with van der Waals surface area (Å²) >= 11 is 0. The molecule has 0 aromatic rings. The maximum atomic E-state index is 5.56. The first-order valence-corrected chi connectivity index (χ1v) is 5.91. The lowest BCUT2D eigenvalue weighted by atomic mass is 9.95. The molecule has 16 heavy (non-hydrogen) atoms. The molecule has 0 amide bonds. The average Bonchev–Trinajstić information content (AvgIpc) is 2.22. The van der Waals surface area contributed by atoms with E-state index < -0.39 is 0 Å². The molecule has 0 aliphatic heterocycles. The molecule has 0 spiro atoms. The lowest BCUT2D eigenvalue weighted by molar-refractivity contribution is 0.0116. The summed E-state index contributed by atoms with van der Waals surface area (Å²) < 4.78 is 15.9. The van der Waals surface area contributed by atoms with Gasteiger partial charge in [-0.1, -0.05) is 13.8 Å². The molecule has 0 saturated carbocycles. The summed E-state index contributed by atoms with van der Waals surface area (Å²) in [6.45, 7) is 8.93. The van der Waals surface area contributed by atoms with Gasteiger partial charge in [0.05, 0.1) is 19.8 Å². The van der Waals surface area contributed by atoms with Gasteiger partial charge in [0, 0.05) is 32.3 Å². The quantitative estimate of drug-likeness (QED) is 0.546. The molecule has 0 aliphatic carbocycles. The molecule has 0 aromatic heterocycles. The SMILES string of the molecule is CNCC(C)(C)COCCOCCCOC. The zero-order valence-electron chi connectivity index (χ0n) is 11.2. The molecular weight excluding hydrogens is 206 g/mol. The lowest BCUT2D eigenvalue weighted by Gasteiger charge is -2.23. The van der Waals surface area contributed by atoms with Crippen LogP contribution < -0.4 is 5.32 Å². The van der Waals surface area contributed by atoms with Gasteiger partial charge in [0.1, 0.15) is 0 Å². The van der Waals surface area contributed by atoms with Crippen LogP contribution in [0.4, 0.5) is 0 Å². The van der Waals surface area contributed by atoms with E-state index in [0.29, 0.717) is 13.2 Å². The van der Waals surface area contributed by atoms with Crippen molar-refractivity contribution >= 4 is 0 Å². The maximum absolute atomic E-state index is 5.56. The van der Waals surface area contributed by atoms with E-state index in [1.807, 2.05) is 7.05 Å². The zero-order chi connectivity index (χ0) is 12.3. The highest BCUT2D eigenvalue weighted by Crippen LogP contribution is 2.13. The Kier molecular flexibility index (Phi) is 9.92. The van der Waals surface area contributed by atoms with Gasteiger partial charge in [-0.25, -0.2) is 0 Å². The smallest absolute Gasteiger partial charge is 0.0700 e. The molecule has 4 heteroatoms. The minimum Gasteiger partial charge on any atom is -0.385 e. The molecule has 1 N–H and O–H groups in total. The van der Waals surface area contributed by atoms with E-state index in [9.17, 15) is 0 Å². The van der Waals surface area contributed by atoms with E-state index in [0.717, 1.165) is 32.8 Å². The van der Waals surface area contributed by atoms with Crippen LogP contribution in [0.1, 0.15) is 20.3 Å². The Morgan fingerprint density at radius 3 is 2.31 bits per heavy atom. The predicted octanol–water partition coefficient (Wildman–Crippen LogP) is 1.30. The second-order valence-electron chi connectivity index (χ2n) is 4.71. The highest BCUT2D eigenvalue weighted by atomic mass is 16.5. The minimum atomic E-state index is 0.185. The lowest BCUT2D eigenvalue weighted by Crippen LogP contribution is -2.31. The largest absolute Gasteiger partial charge is 0.385 e. The van der Waals surface area contributed by atoms with E-state index in [2.05, 4.69) is 19.2 Å². The van der Waals surface area contributed by atoms with Crippen molar-refractivity contribution in [3.05, 3.63) is 0 Å². The topological polar surface area (TPSA) is 39.7 Å². The molecule has 0 heterocycles. The highest BCUT2D eigenvalue weighted by Gasteiger charge is 2.16. The second-order valence-corrected chi connectivity index (χ2v) is 4.71. The standard InChI is InChI=1S/C12H27NO3/c1-12(2,10-13-3)11-16-9-8-15-7-5-6-14-4/h13H,5-11H2,1-4H3. The third-order valence-electron chi connectivity index (χ3n) is 2.16. The average molecular weight is 233 g/mol. The maximum Gasteiger partial charge on any atom is 0.0700 e. The van der Waals surface area contributed by atoms with E-state index in [-0.39, 0.29) is 5.41 Å². The summed E-state index contributed by atoms with van der Waals surface area (Å²) in [7, 11) is 3.66. The highest BCUT2D eigenvalue weighted by molar-refractivity contribution is 4.69. The fourth-order valence-electron chi connectivity index (χ4n) is 1.40. The Labute approximate surface area is 99.6 Å². The Bertz CT molecular complexity index is 151. The number of methoxy groups -OCH3 is 1. The Hall–Kier alpha value is -0.160. The summed E-state index contributed by atoms with van der Waals surface area (Å²) in [5.74, 6) is 0. The first-order valence-electron chi connectivity index (χ1n) is 5.91. The third-order valence-corrected chi connectivity index (χ3v) is 2.16. The van der Waals surface area contributed by atoms with Gasteiger partial charge in [-0.3, -0.25) is 0 Å². The summed E-state index contributed by atoms with van der Waals surface area (Å²) in [5.41, 5.74) is 0.185. The fourth-order valence-corrected chi connectivity index (χ4v) is 1.40. The molecular formula is C12H27NO3. The molecule has 0 rings (SSSR count). The van der Waals surface area contributed by atoms with Crippen molar-refractivity contribution < 1.29 is 14.2 Å². The van der Waals surface area contributed by atoms with Crippen LogP contribution in [0.5, 0.6) is 0 Å². The van der Waals surface area contributed by atoms with Gasteiger partial charge in [0.25, 0.3) is 0 Å². The summed E-state index contributed by atoms with van der Waals surface area (Å²) in [4.78, 5) is 0. The van der Waals surface area contributed by atoms with Crippen LogP contribution >= 0.6 is 0 Å². The van der Waals surface area contributed by atoms with Crippen molar-refractivity contribution in [1.29, 1.82) is 0 Å². The van der Waals surface area contributed by atoms with Crippen molar-refractivity contribution in [3.63, 3.8) is 0 Å². The van der Waals surface area contributed by atoms with Gasteiger partial charge in [0.15, 0.2) is 0 Å². The van der Waals surface area contributed by atoms with Crippen LogP contribution in [-0.4, -0.2) is 53.7 Å². The molecule has 0 radical (unpaired) electrons. The van der Waals surface area contributed by atoms with Crippen LogP contribution in [0.15, 0.2) is 0 Å². The first-order chi connectivity index (χ1) is 7.62. The van der Waals surface area contributed by atoms with Crippen molar-refractivity contribution in [2.75, 3.05) is 53.7 Å². The number of rotatable bonds is 11. The monoisotopic (exact) mass is 233 g/mol. The van der Waals surface area contributed by atoms with Crippen molar-refractivity contribution in [2.45, 2.75) is 20.3 Å². The van der Waals surface area contributed by atoms with E-state index in [4.69, 9.17) is 14.2 Å². The van der Waals surface area contributed by atoms with Crippen molar-refractivity contribution in [3.8, 4) is 0 Å². The summed E-state index contributed by atoms with van der Waals surface area (Å²) in [6, 6.07) is 0. The Morgan fingerprint density at radius 2 is 1.69 bits per heavy atom. The molecule has 0 atom stereocenters. The molecule has 98 valence electrons. The predicted molar refractivity (Wildman–Crippen MR) is 65.8 cm³/mol. The van der Waals surface area contributed by atoms with Crippen LogP contribution in [-0.2, 0) is 14.2 Å². The van der Waals surface area contributed by atoms with Gasteiger partial charge >= 0.3 is 0 Å². The first kappa shape index (κ1) is 15.8. The zero-order valence-corrected chi connectivity index (χ0v) is 11.2. The number of hydrogen-bond donors (Lipinski definition) is 1. The normalized spacial score (nSPS) is 12.0. The number of ether oxygens (including phenoxy) is 3. The summed E-state index contributed by atoms with van der Waals surface area (Å²) in [6.07, 6.45) is 0.946. The van der Waals surface area contributed by atoms with Crippen molar-refractivity contribution in [2.24, 2.45) is 5.41 Å². The Morgan fingerprint density at radius 1 is 1.00 bits per heavy atom. The molecule has 4 nitrogen and oxygen atoms in total. The molecule has 0 saturated heterocycles. The summed E-state index contributed by atoms with van der Waals surface area (Å²) in [5, 5.41) is 3.16. The minimum absolute atomic E-state index is 0.185. The molecule has 0 aliphatic rings. The fraction of sp³-hybridized carbons (Fsp3) is 1.00. The van der Waals surface area contributed by atoms with Gasteiger partial charge < -0.3 is 19.5 Å². The second kappa shape index (κ2) is 10.0. The van der Waals surface area contributed by atoms with Gasteiger partial charge in [0.2, 0.25) is 0 Å². The molecule has 0 unspecified atom stereocenters. The number of nitrogens with one attached hydrogen (secondary N) is 1. The van der Waals surface area contributed by atoms with Gasteiger partial charge in [-0.2, -0.15) is 0 Å². The van der Waals surface area contributed by atoms with Crippen LogP contribution in [0.3, 0.4) is 0 Å². The van der Waals surface area contributed by atoms with Gasteiger partial charge in [-0.15, -0.1) is 0 Å². The van der Waals surface area contributed by atoms with E-state index in [1.165, 1.54) is 0 Å². The van der Waals surface area contributed by atoms with Gasteiger partial charge in [-0.05, 0) is 13.5 Å². The van der Waals surface area contributed by atoms with Crippen molar-refractivity contribution in [1.82, 2.24) is 5.32 Å². The Balaban J connectivity index is 3.20. The van der Waals surface area contributed by atoms with Crippen LogP contribution in [0, 0.1) is 5.41 Å². The molecule has 0 bridgehead atoms. The number of hydrogen-bond acceptors (Lipinski definition) is 4. The third kappa shape index (κ3) is 10.4. The molecule has 0 aromatic carbocycles. The van der Waals surface area contributed by atoms with E-state index >= 15 is 0 Å². The van der Waals surface area contributed by atoms with E-state index in [1.54, 1.807) is 7.11 Å². The van der Waals surface area contributed by atoms with Crippen LogP contribution in [0.25, 0.3) is 0 Å². The van der Waals surface area contributed by atoms with Crippen LogP contribution in [0.2, 0.25) is 0 Å². The molecule has 0 fully saturated rings.